The molecule has 2 amide bonds. The van der Waals surface area contributed by atoms with Crippen molar-refractivity contribution in [3.8, 4) is 11.1 Å². The van der Waals surface area contributed by atoms with Crippen LogP contribution in [0.1, 0.15) is 56.6 Å². The zero-order valence-electron chi connectivity index (χ0n) is 19.6. The second-order valence-corrected chi connectivity index (χ2v) is 9.60. The highest BCUT2D eigenvalue weighted by molar-refractivity contribution is 5.85. The van der Waals surface area contributed by atoms with E-state index in [1.807, 2.05) is 24.3 Å². The number of hydrogen-bond donors (Lipinski definition) is 3. The number of carboxylic acid groups (broad SMARTS) is 1. The van der Waals surface area contributed by atoms with Gasteiger partial charge in [0.15, 0.2) is 0 Å². The van der Waals surface area contributed by atoms with E-state index in [0.29, 0.717) is 12.8 Å². The standard InChI is InChI=1S/C27H32N2O5/c1-16(2)24(26(31)32)29-25(30)17-8-7-9-18(14-17)28-27(33)34-15-23-21-12-5-3-10-19(21)20-11-4-6-13-22(20)23/h3-6,10-13,16-18,23-24H,7-9,14-15H2,1-2H3,(H,28,33)(H,29,30)(H,31,32)/t17?,18?,24-/m0/s1. The molecule has 0 saturated heterocycles. The number of rotatable bonds is 7. The molecule has 2 aromatic carbocycles. The number of carbonyl (C=O) groups is 3. The Morgan fingerprint density at radius 2 is 1.62 bits per heavy atom. The minimum atomic E-state index is -1.03. The zero-order chi connectivity index (χ0) is 24.2. The topological polar surface area (TPSA) is 105 Å². The average Bonchev–Trinajstić information content (AvgIpc) is 3.14. The molecule has 1 saturated carbocycles. The number of fused-ring (bicyclic) bond motifs is 3. The smallest absolute Gasteiger partial charge is 0.407 e. The van der Waals surface area contributed by atoms with Crippen molar-refractivity contribution in [3.05, 3.63) is 59.7 Å². The van der Waals surface area contributed by atoms with Crippen LogP contribution in [0.15, 0.2) is 48.5 Å². The van der Waals surface area contributed by atoms with Crippen molar-refractivity contribution >= 4 is 18.0 Å². The maximum atomic E-state index is 12.7. The van der Waals surface area contributed by atoms with Gasteiger partial charge in [0.2, 0.25) is 5.91 Å². The van der Waals surface area contributed by atoms with E-state index in [-0.39, 0.29) is 36.3 Å². The SMILES string of the molecule is CC(C)[C@H](NC(=O)C1CCCC(NC(=O)OCC2c3ccccc3-c3ccccc32)C1)C(=O)O. The normalized spacial score (nSPS) is 20.2. The first-order valence-electron chi connectivity index (χ1n) is 12.0. The van der Waals surface area contributed by atoms with Crippen LogP contribution in [0, 0.1) is 11.8 Å². The number of carboxylic acids is 1. The number of hydrogen-bond acceptors (Lipinski definition) is 4. The van der Waals surface area contributed by atoms with Crippen LogP contribution in [0.3, 0.4) is 0 Å². The first-order chi connectivity index (χ1) is 16.3. The molecule has 2 unspecified atom stereocenters. The molecule has 0 aromatic heterocycles. The van der Waals surface area contributed by atoms with Gasteiger partial charge in [-0.3, -0.25) is 4.79 Å². The third kappa shape index (κ3) is 5.08. The Morgan fingerprint density at radius 1 is 1.00 bits per heavy atom. The van der Waals surface area contributed by atoms with Crippen molar-refractivity contribution in [2.75, 3.05) is 6.61 Å². The monoisotopic (exact) mass is 464 g/mol. The van der Waals surface area contributed by atoms with Gasteiger partial charge in [0, 0.05) is 17.9 Å². The summed E-state index contributed by atoms with van der Waals surface area (Å²) >= 11 is 0. The number of alkyl carbamates (subject to hydrolysis) is 1. The van der Waals surface area contributed by atoms with Gasteiger partial charge in [-0.25, -0.2) is 9.59 Å². The molecule has 0 radical (unpaired) electrons. The van der Waals surface area contributed by atoms with E-state index < -0.39 is 18.1 Å². The van der Waals surface area contributed by atoms with Crippen LogP contribution in [0.25, 0.3) is 11.1 Å². The minimum absolute atomic E-state index is 0.00739. The summed E-state index contributed by atoms with van der Waals surface area (Å²) in [5.74, 6) is -1.84. The molecule has 34 heavy (non-hydrogen) atoms. The number of amides is 2. The first kappa shape index (κ1) is 23.8. The van der Waals surface area contributed by atoms with E-state index in [4.69, 9.17) is 4.74 Å². The molecule has 0 spiro atoms. The maximum Gasteiger partial charge on any atom is 0.407 e. The average molecular weight is 465 g/mol. The lowest BCUT2D eigenvalue weighted by Gasteiger charge is -2.30. The number of ether oxygens (including phenoxy) is 1. The first-order valence-corrected chi connectivity index (χ1v) is 12.0. The number of benzene rings is 2. The van der Waals surface area contributed by atoms with Gasteiger partial charge in [-0.2, -0.15) is 0 Å². The van der Waals surface area contributed by atoms with E-state index in [1.54, 1.807) is 13.8 Å². The molecule has 3 N–H and O–H groups in total. The van der Waals surface area contributed by atoms with Gasteiger partial charge in [-0.15, -0.1) is 0 Å². The molecule has 0 aliphatic heterocycles. The Bertz CT molecular complexity index is 1020. The fourth-order valence-corrected chi connectivity index (χ4v) is 5.15. The third-order valence-electron chi connectivity index (χ3n) is 6.94. The quantitative estimate of drug-likeness (QED) is 0.566. The van der Waals surface area contributed by atoms with Crippen LogP contribution in [0.5, 0.6) is 0 Å². The van der Waals surface area contributed by atoms with Crippen molar-refractivity contribution in [1.29, 1.82) is 0 Å². The lowest BCUT2D eigenvalue weighted by Crippen LogP contribution is -2.49. The van der Waals surface area contributed by atoms with Crippen LogP contribution >= 0.6 is 0 Å². The summed E-state index contributed by atoms with van der Waals surface area (Å²) < 4.78 is 5.64. The molecule has 7 nitrogen and oxygen atoms in total. The van der Waals surface area contributed by atoms with Gasteiger partial charge >= 0.3 is 12.1 Å². The maximum absolute atomic E-state index is 12.7. The van der Waals surface area contributed by atoms with Gasteiger partial charge in [-0.05, 0) is 47.4 Å². The number of nitrogens with one attached hydrogen (secondary N) is 2. The molecular weight excluding hydrogens is 432 g/mol. The lowest BCUT2D eigenvalue weighted by molar-refractivity contribution is -0.144. The van der Waals surface area contributed by atoms with E-state index in [0.717, 1.165) is 24.0 Å². The molecular formula is C27H32N2O5. The Morgan fingerprint density at radius 3 is 2.21 bits per heavy atom. The fourth-order valence-electron chi connectivity index (χ4n) is 5.15. The summed E-state index contributed by atoms with van der Waals surface area (Å²) in [6, 6.07) is 15.3. The molecule has 2 aromatic rings. The van der Waals surface area contributed by atoms with Crippen LogP contribution < -0.4 is 10.6 Å². The van der Waals surface area contributed by atoms with Crippen molar-refractivity contribution in [1.82, 2.24) is 10.6 Å². The van der Waals surface area contributed by atoms with Gasteiger partial charge in [0.25, 0.3) is 0 Å². The predicted molar refractivity (Wildman–Crippen MR) is 128 cm³/mol. The lowest BCUT2D eigenvalue weighted by atomic mass is 9.85. The van der Waals surface area contributed by atoms with E-state index >= 15 is 0 Å². The second-order valence-electron chi connectivity index (χ2n) is 9.60. The highest BCUT2D eigenvalue weighted by Crippen LogP contribution is 2.44. The molecule has 2 aliphatic carbocycles. The van der Waals surface area contributed by atoms with Gasteiger partial charge in [-0.1, -0.05) is 68.8 Å². The molecule has 2 aliphatic rings. The van der Waals surface area contributed by atoms with Crippen molar-refractivity contribution in [2.24, 2.45) is 11.8 Å². The summed E-state index contributed by atoms with van der Waals surface area (Å²) in [7, 11) is 0. The van der Waals surface area contributed by atoms with Crippen LogP contribution in [0.2, 0.25) is 0 Å². The number of carbonyl (C=O) groups excluding carboxylic acids is 2. The van der Waals surface area contributed by atoms with Gasteiger partial charge in [0.05, 0.1) is 0 Å². The fraction of sp³-hybridized carbons (Fsp3) is 0.444. The summed E-state index contributed by atoms with van der Waals surface area (Å²) in [5, 5.41) is 14.9. The number of aliphatic carboxylic acids is 1. The van der Waals surface area contributed by atoms with E-state index in [2.05, 4.69) is 34.9 Å². The highest BCUT2D eigenvalue weighted by Gasteiger charge is 2.33. The molecule has 180 valence electrons. The molecule has 3 atom stereocenters. The summed E-state index contributed by atoms with van der Waals surface area (Å²) in [5.41, 5.74) is 4.66. The summed E-state index contributed by atoms with van der Waals surface area (Å²) in [4.78, 5) is 36.7. The molecule has 0 heterocycles. The second kappa shape index (κ2) is 10.3. The Balaban J connectivity index is 1.32. The largest absolute Gasteiger partial charge is 0.480 e. The third-order valence-corrected chi connectivity index (χ3v) is 6.94. The van der Waals surface area contributed by atoms with Crippen LogP contribution in [-0.4, -0.2) is 41.8 Å². The molecule has 7 heteroatoms. The zero-order valence-corrected chi connectivity index (χ0v) is 19.6. The van der Waals surface area contributed by atoms with Crippen molar-refractivity contribution in [2.45, 2.75) is 57.5 Å². The molecule has 0 bridgehead atoms. The van der Waals surface area contributed by atoms with Crippen LogP contribution in [-0.2, 0) is 14.3 Å². The Kier molecular flexibility index (Phi) is 7.20. The molecule has 4 rings (SSSR count). The van der Waals surface area contributed by atoms with E-state index in [9.17, 15) is 19.5 Å². The van der Waals surface area contributed by atoms with Crippen LogP contribution in [0.4, 0.5) is 4.79 Å². The Hall–Kier alpha value is -3.35. The van der Waals surface area contributed by atoms with Crippen molar-refractivity contribution < 1.29 is 24.2 Å². The summed E-state index contributed by atoms with van der Waals surface area (Å²) in [6.07, 6.45) is 2.21. The van der Waals surface area contributed by atoms with E-state index in [1.165, 1.54) is 11.1 Å². The van der Waals surface area contributed by atoms with Crippen molar-refractivity contribution in [3.63, 3.8) is 0 Å². The highest BCUT2D eigenvalue weighted by atomic mass is 16.5. The Labute approximate surface area is 199 Å². The predicted octanol–water partition coefficient (Wildman–Crippen LogP) is 4.31. The van der Waals surface area contributed by atoms with Gasteiger partial charge in [0.1, 0.15) is 12.6 Å². The summed E-state index contributed by atoms with van der Waals surface area (Å²) in [6.45, 7) is 3.77. The van der Waals surface area contributed by atoms with Gasteiger partial charge < -0.3 is 20.5 Å². The molecule has 1 fully saturated rings. The minimum Gasteiger partial charge on any atom is -0.480 e.